The monoisotopic (exact) mass is 350 g/mol. The van der Waals surface area contributed by atoms with E-state index in [1.807, 2.05) is 6.07 Å². The number of carbonyl (C=O) groups excluding carboxylic acids is 1. The Morgan fingerprint density at radius 2 is 1.62 bits per heavy atom. The van der Waals surface area contributed by atoms with Crippen molar-refractivity contribution in [3.8, 4) is 11.5 Å². The average molecular weight is 351 g/mol. The van der Waals surface area contributed by atoms with Crippen molar-refractivity contribution < 1.29 is 24.2 Å². The van der Waals surface area contributed by atoms with E-state index < -0.39 is 11.4 Å². The lowest BCUT2D eigenvalue weighted by Gasteiger charge is -2.04. The first-order chi connectivity index (χ1) is 11.5. The number of carboxylic acids is 1. The van der Waals surface area contributed by atoms with Crippen LogP contribution < -0.4 is 9.47 Å². The van der Waals surface area contributed by atoms with Crippen molar-refractivity contribution in [2.24, 2.45) is 0 Å². The van der Waals surface area contributed by atoms with Crippen LogP contribution in [0.4, 0.5) is 4.79 Å². The van der Waals surface area contributed by atoms with E-state index in [1.165, 1.54) is 0 Å². The third-order valence-corrected chi connectivity index (χ3v) is 2.89. The number of unbranched alkanes of at least 4 members (excludes halogenated alkanes) is 1. The summed E-state index contributed by atoms with van der Waals surface area (Å²) < 4.78 is 9.93. The topological polar surface area (TPSA) is 72.8 Å². The van der Waals surface area contributed by atoms with Crippen LogP contribution in [0.15, 0.2) is 54.6 Å². The van der Waals surface area contributed by atoms with Crippen LogP contribution in [0.1, 0.15) is 30.1 Å². The van der Waals surface area contributed by atoms with E-state index in [0.717, 1.165) is 18.6 Å². The van der Waals surface area contributed by atoms with Gasteiger partial charge in [0.1, 0.15) is 11.5 Å². The number of hydrogen-bond acceptors (Lipinski definition) is 4. The second-order valence-corrected chi connectivity index (χ2v) is 4.99. The lowest BCUT2D eigenvalue weighted by Crippen LogP contribution is -1.98. The fourth-order valence-corrected chi connectivity index (χ4v) is 1.70. The van der Waals surface area contributed by atoms with Gasteiger partial charge in [-0.15, -0.1) is 0 Å². The van der Waals surface area contributed by atoms with E-state index in [9.17, 15) is 9.59 Å². The number of aromatic carboxylic acids is 1. The van der Waals surface area contributed by atoms with Crippen LogP contribution in [-0.4, -0.2) is 23.1 Å². The van der Waals surface area contributed by atoms with E-state index in [-0.39, 0.29) is 5.56 Å². The van der Waals surface area contributed by atoms with Crippen molar-refractivity contribution in [2.75, 3.05) is 6.61 Å². The standard InChI is InChI=1S/C11H14O3.C7H5ClO2/c1-2-3-8-14-10-6-4-9(5-7-10)11(12)13;8-7(9)10-6-4-2-1-3-5-6/h4-7H,2-3,8H2,1H3,(H,12,13);1-5H. The van der Waals surface area contributed by atoms with Crippen molar-refractivity contribution in [1.82, 2.24) is 0 Å². The Morgan fingerprint density at radius 1 is 1.00 bits per heavy atom. The molecule has 0 radical (unpaired) electrons. The van der Waals surface area contributed by atoms with Crippen LogP contribution in [0.2, 0.25) is 0 Å². The summed E-state index contributed by atoms with van der Waals surface area (Å²) in [5.74, 6) is 0.274. The minimum absolute atomic E-state index is 0.285. The highest BCUT2D eigenvalue weighted by molar-refractivity contribution is 6.61. The molecular weight excluding hydrogens is 332 g/mol. The highest BCUT2D eigenvalue weighted by atomic mass is 35.5. The summed E-state index contributed by atoms with van der Waals surface area (Å²) in [5, 5.41) is 8.65. The Labute approximate surface area is 145 Å². The van der Waals surface area contributed by atoms with Gasteiger partial charge in [-0.25, -0.2) is 9.59 Å². The highest BCUT2D eigenvalue weighted by Gasteiger charge is 2.01. The lowest BCUT2D eigenvalue weighted by molar-refractivity contribution is 0.0697. The normalized spacial score (nSPS) is 9.42. The van der Waals surface area contributed by atoms with Crippen molar-refractivity contribution in [3.05, 3.63) is 60.2 Å². The molecule has 1 N–H and O–H groups in total. The molecule has 128 valence electrons. The highest BCUT2D eigenvalue weighted by Crippen LogP contribution is 2.12. The van der Waals surface area contributed by atoms with Gasteiger partial charge < -0.3 is 14.6 Å². The molecule has 0 aliphatic rings. The van der Waals surface area contributed by atoms with Gasteiger partial charge in [0.15, 0.2) is 0 Å². The van der Waals surface area contributed by atoms with Gasteiger partial charge in [0.25, 0.3) is 0 Å². The molecule has 24 heavy (non-hydrogen) atoms. The fourth-order valence-electron chi connectivity index (χ4n) is 1.61. The minimum atomic E-state index is -0.912. The number of benzene rings is 2. The molecule has 0 aromatic heterocycles. The van der Waals surface area contributed by atoms with E-state index >= 15 is 0 Å². The first-order valence-electron chi connectivity index (χ1n) is 7.41. The number of para-hydroxylation sites is 1. The molecular formula is C18H19ClO5. The molecule has 0 heterocycles. The van der Waals surface area contributed by atoms with E-state index in [4.69, 9.17) is 21.4 Å². The maximum atomic E-state index is 10.5. The van der Waals surface area contributed by atoms with E-state index in [2.05, 4.69) is 11.7 Å². The molecule has 6 heteroatoms. The number of rotatable bonds is 6. The molecule has 0 saturated carbocycles. The van der Waals surface area contributed by atoms with Crippen molar-refractivity contribution in [2.45, 2.75) is 19.8 Å². The van der Waals surface area contributed by atoms with Gasteiger partial charge in [-0.3, -0.25) is 0 Å². The summed E-state index contributed by atoms with van der Waals surface area (Å²) in [4.78, 5) is 20.7. The molecule has 2 aromatic carbocycles. The van der Waals surface area contributed by atoms with Crippen molar-refractivity contribution >= 4 is 23.0 Å². The van der Waals surface area contributed by atoms with Crippen LogP contribution in [0, 0.1) is 0 Å². The second kappa shape index (κ2) is 11.1. The molecule has 0 fully saturated rings. The van der Waals surface area contributed by atoms with Gasteiger partial charge in [0.05, 0.1) is 12.2 Å². The molecule has 2 rings (SSSR count). The van der Waals surface area contributed by atoms with Gasteiger partial charge in [-0.2, -0.15) is 0 Å². The lowest BCUT2D eigenvalue weighted by atomic mass is 10.2. The molecule has 0 spiro atoms. The third-order valence-electron chi connectivity index (χ3n) is 2.81. The van der Waals surface area contributed by atoms with Gasteiger partial charge in [0.2, 0.25) is 0 Å². The van der Waals surface area contributed by atoms with E-state index in [0.29, 0.717) is 12.4 Å². The molecule has 0 aliphatic heterocycles. The van der Waals surface area contributed by atoms with Crippen LogP contribution in [0.25, 0.3) is 0 Å². The van der Waals surface area contributed by atoms with Crippen molar-refractivity contribution in [1.29, 1.82) is 0 Å². The molecule has 0 amide bonds. The average Bonchev–Trinajstić information content (AvgIpc) is 2.56. The van der Waals surface area contributed by atoms with Crippen LogP contribution in [0.3, 0.4) is 0 Å². The summed E-state index contributed by atoms with van der Waals surface area (Å²) in [7, 11) is 0. The fraction of sp³-hybridized carbons (Fsp3) is 0.222. The Morgan fingerprint density at radius 3 is 2.12 bits per heavy atom. The molecule has 0 aliphatic carbocycles. The summed E-state index contributed by atoms with van der Waals surface area (Å²) in [6.07, 6.45) is 2.11. The maximum Gasteiger partial charge on any atom is 0.409 e. The molecule has 2 aromatic rings. The summed E-state index contributed by atoms with van der Waals surface area (Å²) in [6, 6.07) is 15.1. The first-order valence-corrected chi connectivity index (χ1v) is 7.79. The van der Waals surface area contributed by atoms with Gasteiger partial charge >= 0.3 is 11.4 Å². The van der Waals surface area contributed by atoms with Crippen LogP contribution in [-0.2, 0) is 0 Å². The van der Waals surface area contributed by atoms with Gasteiger partial charge in [0, 0.05) is 11.6 Å². The Hall–Kier alpha value is -2.53. The Bertz CT molecular complexity index is 626. The minimum Gasteiger partial charge on any atom is -0.494 e. The zero-order valence-corrected chi connectivity index (χ0v) is 14.0. The third kappa shape index (κ3) is 8.19. The largest absolute Gasteiger partial charge is 0.494 e. The Balaban J connectivity index is 0.000000254. The van der Waals surface area contributed by atoms with Gasteiger partial charge in [-0.05, 0) is 42.8 Å². The molecule has 5 nitrogen and oxygen atoms in total. The maximum absolute atomic E-state index is 10.5. The van der Waals surface area contributed by atoms with Crippen LogP contribution in [0.5, 0.6) is 11.5 Å². The zero-order valence-electron chi connectivity index (χ0n) is 13.3. The predicted octanol–water partition coefficient (Wildman–Crippen LogP) is 4.99. The quantitative estimate of drug-likeness (QED) is 0.587. The summed E-state index contributed by atoms with van der Waals surface area (Å²) >= 11 is 4.95. The predicted molar refractivity (Wildman–Crippen MR) is 92.1 cm³/mol. The van der Waals surface area contributed by atoms with Crippen LogP contribution >= 0.6 is 11.6 Å². The number of hydrogen-bond donors (Lipinski definition) is 1. The van der Waals surface area contributed by atoms with Crippen molar-refractivity contribution in [3.63, 3.8) is 0 Å². The summed E-state index contributed by atoms with van der Waals surface area (Å²) in [6.45, 7) is 2.78. The number of halogens is 1. The van der Waals surface area contributed by atoms with E-state index in [1.54, 1.807) is 48.5 Å². The zero-order chi connectivity index (χ0) is 17.8. The number of ether oxygens (including phenoxy) is 2. The second-order valence-electron chi connectivity index (χ2n) is 4.68. The molecule has 0 atom stereocenters. The summed E-state index contributed by atoms with van der Waals surface area (Å²) in [5.41, 5.74) is -0.529. The Kier molecular flexibility index (Phi) is 9.01. The number of carboxylic acid groups (broad SMARTS) is 1. The smallest absolute Gasteiger partial charge is 0.409 e. The SMILES string of the molecule is CCCCOc1ccc(C(=O)O)cc1.O=C(Cl)Oc1ccccc1. The van der Waals surface area contributed by atoms with Gasteiger partial charge in [-0.1, -0.05) is 31.5 Å². The molecule has 0 unspecified atom stereocenters. The molecule has 0 saturated heterocycles. The number of carbonyl (C=O) groups is 2. The first kappa shape index (κ1) is 19.5. The molecule has 0 bridgehead atoms.